The van der Waals surface area contributed by atoms with Gasteiger partial charge in [0.1, 0.15) is 0 Å². The predicted octanol–water partition coefficient (Wildman–Crippen LogP) is 6.64. The molecular weight excluding hydrogens is 554 g/mol. The second-order valence-electron chi connectivity index (χ2n) is 9.38. The maximum atomic E-state index is 6.05. The van der Waals surface area contributed by atoms with Gasteiger partial charge in [-0.05, 0) is 59.7 Å². The van der Waals surface area contributed by atoms with Crippen molar-refractivity contribution in [1.82, 2.24) is 0 Å². The normalized spacial score (nSPS) is 18.3. The van der Waals surface area contributed by atoms with Crippen LogP contribution in [-0.4, -0.2) is 22.8 Å². The first kappa shape index (κ1) is 26.0. The van der Waals surface area contributed by atoms with E-state index >= 15 is 0 Å². The Labute approximate surface area is 251 Å². The quantitative estimate of drug-likeness (QED) is 0.286. The smallest absolute Gasteiger partial charge is 0.0816 e. The number of rotatable bonds is 2. The van der Waals surface area contributed by atoms with E-state index in [9.17, 15) is 0 Å². The van der Waals surface area contributed by atoms with Crippen molar-refractivity contribution in [3.63, 3.8) is 0 Å². The maximum absolute atomic E-state index is 6.05. The number of terminal acetylenes is 2. The summed E-state index contributed by atoms with van der Waals surface area (Å²) in [5, 5.41) is 0. The summed E-state index contributed by atoms with van der Waals surface area (Å²) in [6, 6.07) is 20.2. The fraction of sp³-hybridized carbons (Fsp3) is 0. The Morgan fingerprint density at radius 3 is 1.15 bits per heavy atom. The number of allylic oxidation sites excluding steroid dienone is 12. The number of nitrogens with zero attached hydrogens (tertiary/aromatic N) is 4. The standard InChI is InChI=1S/C36H20N4.Zn/c1-3-25-27-15-19-31(37-27)35(23-11-7-5-8-12-23)33-21-17-29(39-33)26(4-2)30-18-22-34(40-30)36(24-13-9-6-10-14-24)32-20-16-28(25)38-32;/h1-2,5-22H;. The molecule has 0 aromatic heterocycles. The molecule has 0 saturated carbocycles. The summed E-state index contributed by atoms with van der Waals surface area (Å²) in [7, 11) is 0. The average Bonchev–Trinajstić information content (AvgIpc) is 3.81. The molecule has 186 valence electrons. The molecule has 5 heteroatoms. The fourth-order valence-corrected chi connectivity index (χ4v) is 5.18. The summed E-state index contributed by atoms with van der Waals surface area (Å²) < 4.78 is 0. The van der Waals surface area contributed by atoms with E-state index in [0.29, 0.717) is 34.0 Å². The Morgan fingerprint density at radius 2 is 0.756 bits per heavy atom. The van der Waals surface area contributed by atoms with Crippen LogP contribution in [0.2, 0.25) is 0 Å². The molecule has 0 fully saturated rings. The zero-order valence-corrected chi connectivity index (χ0v) is 25.0. The van der Waals surface area contributed by atoms with Crippen molar-refractivity contribution in [3.8, 4) is 24.7 Å². The van der Waals surface area contributed by atoms with Gasteiger partial charge in [0.15, 0.2) is 0 Å². The van der Waals surface area contributed by atoms with Crippen LogP contribution in [0.3, 0.4) is 0 Å². The van der Waals surface area contributed by atoms with Gasteiger partial charge in [-0.2, -0.15) is 0 Å². The van der Waals surface area contributed by atoms with Crippen LogP contribution in [-0.2, 0) is 19.5 Å². The average molecular weight is 574 g/mol. The molecule has 4 nitrogen and oxygen atoms in total. The van der Waals surface area contributed by atoms with E-state index in [1.54, 1.807) is 0 Å². The van der Waals surface area contributed by atoms with Crippen molar-refractivity contribution in [3.05, 3.63) is 154 Å². The van der Waals surface area contributed by atoms with Gasteiger partial charge in [0.05, 0.1) is 56.8 Å². The molecule has 2 aromatic carbocycles. The second-order valence-corrected chi connectivity index (χ2v) is 9.38. The topological polar surface area (TPSA) is 49.4 Å². The molecule has 0 N–H and O–H groups in total. The third-order valence-corrected chi connectivity index (χ3v) is 7.02. The molecule has 5 aliphatic heterocycles. The molecule has 0 aliphatic carbocycles. The molecule has 0 radical (unpaired) electrons. The summed E-state index contributed by atoms with van der Waals surface area (Å²) in [5.74, 6) is 5.67. The van der Waals surface area contributed by atoms with Gasteiger partial charge in [-0.3, -0.25) is 0 Å². The SMILES string of the molecule is C#CC1=C2C=CC(=N2)C(c2ccccc2)=C2C=CC(=N2)C(C#C)=C2C=CC(=N2)C(c2ccccc2)=C2C=CC1=N2.[Zn]. The van der Waals surface area contributed by atoms with Crippen molar-refractivity contribution in [2.24, 2.45) is 20.0 Å². The molecule has 0 saturated heterocycles. The fourth-order valence-electron chi connectivity index (χ4n) is 5.18. The zero-order chi connectivity index (χ0) is 27.1. The minimum Gasteiger partial charge on any atom is -0.247 e. The number of aliphatic imine (C=N–C) groups is 4. The predicted molar refractivity (Wildman–Crippen MR) is 165 cm³/mol. The summed E-state index contributed by atoms with van der Waals surface area (Å²) in [6.07, 6.45) is 27.8. The molecular formula is C36H20N4Zn. The third-order valence-electron chi connectivity index (χ3n) is 7.02. The molecule has 7 rings (SSSR count). The number of hydrogen-bond donors (Lipinski definition) is 0. The van der Waals surface area contributed by atoms with Crippen molar-refractivity contribution < 1.29 is 19.5 Å². The summed E-state index contributed by atoms with van der Waals surface area (Å²) in [4.78, 5) is 19.9. The van der Waals surface area contributed by atoms with Crippen molar-refractivity contribution in [1.29, 1.82) is 0 Å². The van der Waals surface area contributed by atoms with Crippen LogP contribution < -0.4 is 0 Å². The van der Waals surface area contributed by atoms with Gasteiger partial charge >= 0.3 is 0 Å². The van der Waals surface area contributed by atoms with E-state index in [2.05, 4.69) is 11.8 Å². The van der Waals surface area contributed by atoms with Crippen LogP contribution in [0.4, 0.5) is 0 Å². The Bertz CT molecular complexity index is 1820. The maximum Gasteiger partial charge on any atom is 0.0816 e. The van der Waals surface area contributed by atoms with Crippen molar-refractivity contribution in [2.75, 3.05) is 0 Å². The van der Waals surface area contributed by atoms with Gasteiger partial charge in [-0.1, -0.05) is 72.5 Å². The molecule has 0 amide bonds. The Balaban J connectivity index is 0.00000302. The van der Waals surface area contributed by atoms with E-state index < -0.39 is 0 Å². The molecule has 8 bridgehead atoms. The van der Waals surface area contributed by atoms with E-state index in [4.69, 9.17) is 32.8 Å². The minimum absolute atomic E-state index is 0. The first-order valence-electron chi connectivity index (χ1n) is 12.8. The van der Waals surface area contributed by atoms with Crippen LogP contribution in [0, 0.1) is 24.7 Å². The molecule has 0 spiro atoms. The van der Waals surface area contributed by atoms with E-state index in [-0.39, 0.29) is 19.5 Å². The van der Waals surface area contributed by atoms with E-state index in [1.165, 1.54) is 0 Å². The van der Waals surface area contributed by atoms with Gasteiger partial charge in [0.25, 0.3) is 0 Å². The first-order chi connectivity index (χ1) is 19.7. The van der Waals surface area contributed by atoms with Gasteiger partial charge in [0, 0.05) is 30.6 Å². The van der Waals surface area contributed by atoms with Crippen molar-refractivity contribution >= 4 is 34.0 Å². The van der Waals surface area contributed by atoms with Gasteiger partial charge in [-0.15, -0.1) is 12.8 Å². The van der Waals surface area contributed by atoms with Crippen LogP contribution in [0.15, 0.2) is 163 Å². The Kier molecular flexibility index (Phi) is 6.82. The summed E-state index contributed by atoms with van der Waals surface area (Å²) >= 11 is 0. The minimum atomic E-state index is 0. The van der Waals surface area contributed by atoms with Crippen LogP contribution in [0.5, 0.6) is 0 Å². The largest absolute Gasteiger partial charge is 0.247 e. The summed E-state index contributed by atoms with van der Waals surface area (Å²) in [5.41, 5.74) is 10.8. The molecule has 5 heterocycles. The van der Waals surface area contributed by atoms with E-state index in [1.807, 2.05) is 109 Å². The number of benzene rings is 2. The third kappa shape index (κ3) is 4.54. The van der Waals surface area contributed by atoms with Crippen LogP contribution in [0.25, 0.3) is 11.1 Å². The molecule has 0 atom stereocenters. The van der Waals surface area contributed by atoms with E-state index in [0.717, 1.165) is 45.1 Å². The molecule has 5 aliphatic rings. The molecule has 2 aromatic rings. The molecule has 41 heavy (non-hydrogen) atoms. The van der Waals surface area contributed by atoms with Gasteiger partial charge in [-0.25, -0.2) is 20.0 Å². The Morgan fingerprint density at radius 1 is 0.415 bits per heavy atom. The van der Waals surface area contributed by atoms with Crippen molar-refractivity contribution in [2.45, 2.75) is 0 Å². The molecule has 0 unspecified atom stereocenters. The number of hydrogen-bond acceptors (Lipinski definition) is 4. The van der Waals surface area contributed by atoms with Crippen LogP contribution in [0.1, 0.15) is 11.1 Å². The first-order valence-corrected chi connectivity index (χ1v) is 12.8. The van der Waals surface area contributed by atoms with Gasteiger partial charge in [0.2, 0.25) is 0 Å². The monoisotopic (exact) mass is 572 g/mol. The zero-order valence-electron chi connectivity index (χ0n) is 22.0. The number of fused-ring (bicyclic) bond motifs is 4. The van der Waals surface area contributed by atoms with Crippen LogP contribution >= 0.6 is 0 Å². The van der Waals surface area contributed by atoms with Gasteiger partial charge < -0.3 is 0 Å². The summed E-state index contributed by atoms with van der Waals surface area (Å²) in [6.45, 7) is 0. The second kappa shape index (κ2) is 10.7. The Hall–Kier alpha value is -5.22.